The molecule has 1 aromatic rings. The zero-order valence-corrected chi connectivity index (χ0v) is 23.2. The number of rotatable bonds is 8. The third kappa shape index (κ3) is 6.03. The van der Waals surface area contributed by atoms with Gasteiger partial charge < -0.3 is 25.8 Å². The van der Waals surface area contributed by atoms with Gasteiger partial charge in [-0.2, -0.15) is 0 Å². The summed E-state index contributed by atoms with van der Waals surface area (Å²) in [6, 6.07) is 6.16. The molecule has 0 aliphatic carbocycles. The van der Waals surface area contributed by atoms with Gasteiger partial charge in [0.2, 0.25) is 11.8 Å². The van der Waals surface area contributed by atoms with Crippen LogP contribution in [0.4, 0.5) is 5.69 Å². The summed E-state index contributed by atoms with van der Waals surface area (Å²) in [5.41, 5.74) is 7.56. The molecule has 4 atom stereocenters. The quantitative estimate of drug-likeness (QED) is 0.538. The van der Waals surface area contributed by atoms with Gasteiger partial charge in [-0.3, -0.25) is 19.2 Å². The molecule has 3 saturated heterocycles. The van der Waals surface area contributed by atoms with Gasteiger partial charge in [0.25, 0.3) is 5.91 Å². The fraction of sp³-hybridized carbons (Fsp3) is 0.655. The Bertz CT molecular complexity index is 1040. The number of carbonyl (C=O) groups excluding carboxylic acids is 4. The molecule has 0 radical (unpaired) electrons. The minimum atomic E-state index is -0.697. The average molecular weight is 526 g/mol. The number of anilines is 1. The molecule has 4 unspecified atom stereocenters. The standard InChI is InChI=1S/C29H43N5O4/c1-19(11-13-31-27(37)20-7-9-21(10-8-20)32-14-5-6-15-32)17-24(36)33-16-12-22-25(33)23(35)18-34(22)28(38)26(30)29(2,3)4/h7-10,19,22,25-26H,5-6,11-18,30H2,1-4H3,(H,31,37). The van der Waals surface area contributed by atoms with Crippen LogP contribution in [0.2, 0.25) is 0 Å². The molecule has 3 fully saturated rings. The number of hydrogen-bond acceptors (Lipinski definition) is 6. The first-order valence-electron chi connectivity index (χ1n) is 14.0. The number of carbonyl (C=O) groups is 4. The van der Waals surface area contributed by atoms with Crippen LogP contribution in [-0.4, -0.2) is 84.2 Å². The lowest BCUT2D eigenvalue weighted by atomic mass is 9.86. The van der Waals surface area contributed by atoms with E-state index in [-0.39, 0.29) is 42.0 Å². The Morgan fingerprint density at radius 2 is 1.71 bits per heavy atom. The molecule has 1 aromatic carbocycles. The van der Waals surface area contributed by atoms with Crippen molar-refractivity contribution in [3.05, 3.63) is 29.8 Å². The molecule has 0 spiro atoms. The molecule has 0 saturated carbocycles. The van der Waals surface area contributed by atoms with E-state index in [0.29, 0.717) is 37.9 Å². The summed E-state index contributed by atoms with van der Waals surface area (Å²) in [6.45, 7) is 10.8. The molecule has 3 aliphatic rings. The summed E-state index contributed by atoms with van der Waals surface area (Å²) in [5, 5.41) is 2.96. The van der Waals surface area contributed by atoms with E-state index >= 15 is 0 Å². The fourth-order valence-electron chi connectivity index (χ4n) is 5.79. The maximum absolute atomic E-state index is 13.1. The van der Waals surface area contributed by atoms with Crippen molar-refractivity contribution >= 4 is 29.2 Å². The van der Waals surface area contributed by atoms with Gasteiger partial charge in [0.15, 0.2) is 5.78 Å². The number of likely N-dealkylation sites (tertiary alicyclic amines) is 2. The number of nitrogens with zero attached hydrogens (tertiary/aromatic N) is 3. The molecule has 3 heterocycles. The summed E-state index contributed by atoms with van der Waals surface area (Å²) in [6.07, 6.45) is 3.97. The fourth-order valence-corrected chi connectivity index (χ4v) is 5.79. The molecular weight excluding hydrogens is 482 g/mol. The number of nitrogens with one attached hydrogen (secondary N) is 1. The van der Waals surface area contributed by atoms with Crippen LogP contribution in [0.25, 0.3) is 0 Å². The molecule has 0 bridgehead atoms. The predicted molar refractivity (Wildman–Crippen MR) is 147 cm³/mol. The molecule has 3 aliphatic heterocycles. The van der Waals surface area contributed by atoms with Crippen molar-refractivity contribution in [2.45, 2.75) is 77.9 Å². The molecule has 208 valence electrons. The Kier molecular flexibility index (Phi) is 8.45. The lowest BCUT2D eigenvalue weighted by molar-refractivity contribution is -0.137. The second kappa shape index (κ2) is 11.4. The van der Waals surface area contributed by atoms with E-state index in [1.807, 2.05) is 52.0 Å². The van der Waals surface area contributed by atoms with Gasteiger partial charge in [0.1, 0.15) is 6.04 Å². The van der Waals surface area contributed by atoms with Crippen molar-refractivity contribution in [2.75, 3.05) is 37.6 Å². The summed E-state index contributed by atoms with van der Waals surface area (Å²) >= 11 is 0. The van der Waals surface area contributed by atoms with Crippen molar-refractivity contribution in [3.8, 4) is 0 Å². The van der Waals surface area contributed by atoms with E-state index in [9.17, 15) is 19.2 Å². The summed E-state index contributed by atoms with van der Waals surface area (Å²) in [5.74, 6) is -0.457. The van der Waals surface area contributed by atoms with Crippen molar-refractivity contribution < 1.29 is 19.2 Å². The van der Waals surface area contributed by atoms with Crippen molar-refractivity contribution in [3.63, 3.8) is 0 Å². The van der Waals surface area contributed by atoms with Crippen molar-refractivity contribution in [1.29, 1.82) is 0 Å². The zero-order valence-electron chi connectivity index (χ0n) is 23.2. The van der Waals surface area contributed by atoms with E-state index in [1.54, 1.807) is 9.80 Å². The largest absolute Gasteiger partial charge is 0.372 e. The number of ketones is 1. The number of amides is 3. The van der Waals surface area contributed by atoms with E-state index in [1.165, 1.54) is 12.8 Å². The lowest BCUT2D eigenvalue weighted by Gasteiger charge is -2.32. The lowest BCUT2D eigenvalue weighted by Crippen LogP contribution is -2.52. The van der Waals surface area contributed by atoms with Crippen LogP contribution < -0.4 is 16.0 Å². The van der Waals surface area contributed by atoms with Crippen molar-refractivity contribution in [1.82, 2.24) is 15.1 Å². The van der Waals surface area contributed by atoms with Crippen LogP contribution in [0.15, 0.2) is 24.3 Å². The molecule has 0 aromatic heterocycles. The second-order valence-electron chi connectivity index (χ2n) is 12.3. The monoisotopic (exact) mass is 525 g/mol. The molecular formula is C29H43N5O4. The van der Waals surface area contributed by atoms with Crippen LogP contribution in [0, 0.1) is 11.3 Å². The number of benzene rings is 1. The SMILES string of the molecule is CC(CCNC(=O)c1ccc(N2CCCC2)cc1)CC(=O)N1CCC2C1C(=O)CN2C(=O)C(N)C(C)(C)C. The summed E-state index contributed by atoms with van der Waals surface area (Å²) in [4.78, 5) is 57.1. The van der Waals surface area contributed by atoms with Gasteiger partial charge in [-0.15, -0.1) is 0 Å². The normalized spacial score (nSPS) is 23.0. The van der Waals surface area contributed by atoms with E-state index in [4.69, 9.17) is 5.73 Å². The van der Waals surface area contributed by atoms with Gasteiger partial charge >= 0.3 is 0 Å². The third-order valence-corrected chi connectivity index (χ3v) is 8.27. The number of nitrogens with two attached hydrogens (primary N) is 1. The molecule has 3 amide bonds. The maximum atomic E-state index is 13.1. The maximum Gasteiger partial charge on any atom is 0.251 e. The topological polar surface area (TPSA) is 116 Å². The highest BCUT2D eigenvalue weighted by Gasteiger charge is 2.52. The first-order chi connectivity index (χ1) is 18.0. The van der Waals surface area contributed by atoms with E-state index in [2.05, 4.69) is 10.2 Å². The van der Waals surface area contributed by atoms with E-state index < -0.39 is 17.5 Å². The van der Waals surface area contributed by atoms with Gasteiger partial charge in [0.05, 0.1) is 18.6 Å². The third-order valence-electron chi connectivity index (χ3n) is 8.27. The smallest absolute Gasteiger partial charge is 0.251 e. The minimum absolute atomic E-state index is 0.0162. The Morgan fingerprint density at radius 3 is 2.34 bits per heavy atom. The molecule has 4 rings (SSSR count). The van der Waals surface area contributed by atoms with Gasteiger partial charge in [0, 0.05) is 43.9 Å². The van der Waals surface area contributed by atoms with Gasteiger partial charge in [-0.05, 0) is 61.3 Å². The van der Waals surface area contributed by atoms with Gasteiger partial charge in [-0.25, -0.2) is 0 Å². The van der Waals surface area contributed by atoms with E-state index in [0.717, 1.165) is 18.8 Å². The molecule has 3 N–H and O–H groups in total. The first kappa shape index (κ1) is 28.1. The Labute approximate surface area is 226 Å². The van der Waals surface area contributed by atoms with Crippen LogP contribution in [0.3, 0.4) is 0 Å². The number of Topliss-reactive ketones (excluding diaryl/α,β-unsaturated/α-hetero) is 1. The summed E-state index contributed by atoms with van der Waals surface area (Å²) < 4.78 is 0. The predicted octanol–water partition coefficient (Wildman–Crippen LogP) is 2.19. The van der Waals surface area contributed by atoms with Gasteiger partial charge in [-0.1, -0.05) is 27.7 Å². The summed E-state index contributed by atoms with van der Waals surface area (Å²) in [7, 11) is 0. The average Bonchev–Trinajstić information content (AvgIpc) is 3.61. The number of fused-ring (bicyclic) bond motifs is 1. The van der Waals surface area contributed by atoms with Crippen LogP contribution >= 0.6 is 0 Å². The number of hydrogen-bond donors (Lipinski definition) is 2. The molecule has 9 heteroatoms. The Morgan fingerprint density at radius 1 is 1.05 bits per heavy atom. The van der Waals surface area contributed by atoms with Crippen LogP contribution in [0.1, 0.15) is 70.2 Å². The highest BCUT2D eigenvalue weighted by atomic mass is 16.2. The Balaban J connectivity index is 1.23. The minimum Gasteiger partial charge on any atom is -0.372 e. The highest BCUT2D eigenvalue weighted by molar-refractivity contribution is 5.98. The molecule has 38 heavy (non-hydrogen) atoms. The van der Waals surface area contributed by atoms with Crippen LogP contribution in [-0.2, 0) is 14.4 Å². The molecule has 9 nitrogen and oxygen atoms in total. The zero-order chi connectivity index (χ0) is 27.6. The highest BCUT2D eigenvalue weighted by Crippen LogP contribution is 2.32. The first-order valence-corrected chi connectivity index (χ1v) is 14.0. The van der Waals surface area contributed by atoms with Crippen molar-refractivity contribution in [2.24, 2.45) is 17.1 Å². The second-order valence-corrected chi connectivity index (χ2v) is 12.3. The Hall–Kier alpha value is -2.94. The van der Waals surface area contributed by atoms with Crippen LogP contribution in [0.5, 0.6) is 0 Å².